The van der Waals surface area contributed by atoms with Crippen LogP contribution >= 0.6 is 22.7 Å². The second-order valence-electron chi connectivity index (χ2n) is 6.81. The van der Waals surface area contributed by atoms with Crippen LogP contribution in [0.4, 0.5) is 0 Å². The summed E-state index contributed by atoms with van der Waals surface area (Å²) >= 11 is 3.14. The topological polar surface area (TPSA) is 102 Å². The summed E-state index contributed by atoms with van der Waals surface area (Å²) < 4.78 is 6.65. The van der Waals surface area contributed by atoms with Gasteiger partial charge in [-0.05, 0) is 35.9 Å². The fourth-order valence-corrected chi connectivity index (χ4v) is 4.82. The van der Waals surface area contributed by atoms with Crippen molar-refractivity contribution in [2.45, 2.75) is 19.4 Å². The zero-order chi connectivity index (χ0) is 21.4. The summed E-state index contributed by atoms with van der Waals surface area (Å²) in [5, 5.41) is 14.0. The molecule has 4 aromatic heterocycles. The van der Waals surface area contributed by atoms with Crippen molar-refractivity contribution in [2.24, 2.45) is 5.10 Å². The van der Waals surface area contributed by atoms with Gasteiger partial charge in [0.1, 0.15) is 0 Å². The fourth-order valence-electron chi connectivity index (χ4n) is 3.29. The number of hydrazone groups is 1. The van der Waals surface area contributed by atoms with Crippen LogP contribution in [0.5, 0.6) is 0 Å². The maximum Gasteiger partial charge on any atom is 0.378 e. The van der Waals surface area contributed by atoms with E-state index in [0.717, 1.165) is 21.2 Å². The fraction of sp³-hybridized carbons (Fsp3) is 0.200. The van der Waals surface area contributed by atoms with Gasteiger partial charge in [-0.25, -0.2) is 19.3 Å². The van der Waals surface area contributed by atoms with Crippen LogP contribution in [-0.2, 0) is 9.53 Å². The Morgan fingerprint density at radius 1 is 1.19 bits per heavy atom. The second kappa shape index (κ2) is 8.00. The molecule has 0 radical (unpaired) electrons. The Hall–Kier alpha value is -3.44. The molecule has 0 bridgehead atoms. The Morgan fingerprint density at radius 3 is 2.77 bits per heavy atom. The summed E-state index contributed by atoms with van der Waals surface area (Å²) in [4.78, 5) is 35.5. The zero-order valence-electron chi connectivity index (χ0n) is 16.3. The van der Waals surface area contributed by atoms with E-state index >= 15 is 0 Å². The molecular formula is C20H16N6O3S2. The summed E-state index contributed by atoms with van der Waals surface area (Å²) in [6.07, 6.45) is 2.19. The number of hydrogen-bond acceptors (Lipinski definition) is 9. The highest BCUT2D eigenvalue weighted by atomic mass is 32.1. The lowest BCUT2D eigenvalue weighted by molar-refractivity contribution is -0.136. The molecule has 0 spiro atoms. The molecule has 31 heavy (non-hydrogen) atoms. The smallest absolute Gasteiger partial charge is 0.378 e. The van der Waals surface area contributed by atoms with Gasteiger partial charge in [-0.2, -0.15) is 10.1 Å². The standard InChI is InChI=1S/C20H16N6O3S2/c1-12-6-7-21-20-22-18(24-25(12)20)19(28)29-11-17(27)26-14(16-5-3-9-31-16)10-13(23-26)15-4-2-8-30-15/h2-9,14H,10-11H2,1H3/t14-/m1/s1. The van der Waals surface area contributed by atoms with Gasteiger partial charge in [-0.3, -0.25) is 4.79 Å². The van der Waals surface area contributed by atoms with Gasteiger partial charge in [0.25, 0.3) is 17.5 Å². The van der Waals surface area contributed by atoms with Crippen molar-refractivity contribution in [3.8, 4) is 0 Å². The van der Waals surface area contributed by atoms with Crippen LogP contribution in [0.3, 0.4) is 0 Å². The van der Waals surface area contributed by atoms with Gasteiger partial charge in [0.2, 0.25) is 0 Å². The third-order valence-corrected chi connectivity index (χ3v) is 6.67. The molecule has 156 valence electrons. The molecule has 11 heteroatoms. The van der Waals surface area contributed by atoms with Crippen LogP contribution in [0.25, 0.3) is 5.78 Å². The Labute approximate surface area is 184 Å². The minimum Gasteiger partial charge on any atom is -0.450 e. The average Bonchev–Trinajstić information content (AvgIpc) is 3.55. The van der Waals surface area contributed by atoms with E-state index in [2.05, 4.69) is 20.2 Å². The monoisotopic (exact) mass is 452 g/mol. The highest BCUT2D eigenvalue weighted by molar-refractivity contribution is 7.12. The lowest BCUT2D eigenvalue weighted by atomic mass is 10.1. The van der Waals surface area contributed by atoms with Crippen molar-refractivity contribution in [1.29, 1.82) is 0 Å². The molecule has 4 aromatic rings. The van der Waals surface area contributed by atoms with Crippen molar-refractivity contribution in [3.05, 3.63) is 68.6 Å². The molecular weight excluding hydrogens is 436 g/mol. The van der Waals surface area contributed by atoms with E-state index in [4.69, 9.17) is 4.74 Å². The Balaban J connectivity index is 1.32. The van der Waals surface area contributed by atoms with Gasteiger partial charge in [-0.1, -0.05) is 12.1 Å². The van der Waals surface area contributed by atoms with E-state index in [1.54, 1.807) is 34.9 Å². The predicted molar refractivity (Wildman–Crippen MR) is 115 cm³/mol. The molecule has 1 atom stereocenters. The molecule has 0 N–H and O–H groups in total. The molecule has 9 nitrogen and oxygen atoms in total. The lowest BCUT2D eigenvalue weighted by Crippen LogP contribution is -2.31. The molecule has 0 aromatic carbocycles. The van der Waals surface area contributed by atoms with E-state index < -0.39 is 18.5 Å². The zero-order valence-corrected chi connectivity index (χ0v) is 18.0. The summed E-state index contributed by atoms with van der Waals surface area (Å²) in [5.41, 5.74) is 1.62. The SMILES string of the molecule is Cc1ccnc2nc(C(=O)OCC(=O)N3N=C(c4cccs4)C[C@@H]3c3cccs3)nn12. The van der Waals surface area contributed by atoms with E-state index in [1.165, 1.54) is 9.52 Å². The normalized spacial score (nSPS) is 16.0. The number of nitrogens with zero attached hydrogens (tertiary/aromatic N) is 6. The van der Waals surface area contributed by atoms with E-state index in [0.29, 0.717) is 12.2 Å². The average molecular weight is 453 g/mol. The highest BCUT2D eigenvalue weighted by Crippen LogP contribution is 2.35. The van der Waals surface area contributed by atoms with Gasteiger partial charge in [0, 0.05) is 23.2 Å². The summed E-state index contributed by atoms with van der Waals surface area (Å²) in [6.45, 7) is 1.37. The van der Waals surface area contributed by atoms with Crippen molar-refractivity contribution in [1.82, 2.24) is 24.6 Å². The van der Waals surface area contributed by atoms with Crippen molar-refractivity contribution in [3.63, 3.8) is 0 Å². The minimum atomic E-state index is -0.785. The highest BCUT2D eigenvalue weighted by Gasteiger charge is 2.34. The minimum absolute atomic E-state index is 0.145. The first-order valence-electron chi connectivity index (χ1n) is 9.42. The number of thiophene rings is 2. The van der Waals surface area contributed by atoms with Crippen molar-refractivity contribution < 1.29 is 14.3 Å². The Bertz CT molecular complexity index is 1280. The van der Waals surface area contributed by atoms with Crippen LogP contribution in [0.15, 0.2) is 52.4 Å². The van der Waals surface area contributed by atoms with Crippen molar-refractivity contribution in [2.75, 3.05) is 6.61 Å². The molecule has 5 heterocycles. The number of aromatic nitrogens is 4. The van der Waals surface area contributed by atoms with E-state index in [1.807, 2.05) is 41.9 Å². The number of hydrogen-bond donors (Lipinski definition) is 0. The molecule has 0 fully saturated rings. The molecule has 0 unspecified atom stereocenters. The molecule has 5 rings (SSSR count). The predicted octanol–water partition coefficient (Wildman–Crippen LogP) is 3.09. The first-order valence-corrected chi connectivity index (χ1v) is 11.2. The van der Waals surface area contributed by atoms with Gasteiger partial charge in [0.15, 0.2) is 6.61 Å². The summed E-state index contributed by atoms with van der Waals surface area (Å²) in [7, 11) is 0. The third-order valence-electron chi connectivity index (χ3n) is 4.78. The number of carbonyl (C=O) groups excluding carboxylic acids is 2. The van der Waals surface area contributed by atoms with Gasteiger partial charge in [-0.15, -0.1) is 27.8 Å². The maximum atomic E-state index is 12.9. The third kappa shape index (κ3) is 3.73. The number of aryl methyl sites for hydroxylation is 1. The van der Waals surface area contributed by atoms with Crippen molar-refractivity contribution >= 4 is 46.0 Å². The number of amides is 1. The first kappa shape index (κ1) is 19.5. The van der Waals surface area contributed by atoms with E-state index in [-0.39, 0.29) is 11.9 Å². The van der Waals surface area contributed by atoms with Crippen LogP contribution < -0.4 is 0 Å². The number of ether oxygens (including phenoxy) is 1. The molecule has 0 aliphatic carbocycles. The molecule has 1 aliphatic rings. The number of fused-ring (bicyclic) bond motifs is 1. The molecule has 1 aliphatic heterocycles. The van der Waals surface area contributed by atoms with Crippen LogP contribution in [-0.4, -0.2) is 48.8 Å². The number of esters is 1. The van der Waals surface area contributed by atoms with Crippen LogP contribution in [0.2, 0.25) is 0 Å². The van der Waals surface area contributed by atoms with Crippen LogP contribution in [0.1, 0.15) is 38.5 Å². The number of rotatable bonds is 5. The van der Waals surface area contributed by atoms with Gasteiger partial charge in [0.05, 0.1) is 16.6 Å². The van der Waals surface area contributed by atoms with Gasteiger partial charge < -0.3 is 4.74 Å². The molecule has 1 amide bonds. The van der Waals surface area contributed by atoms with Crippen LogP contribution in [0, 0.1) is 6.92 Å². The van der Waals surface area contributed by atoms with E-state index in [9.17, 15) is 9.59 Å². The second-order valence-corrected chi connectivity index (χ2v) is 8.73. The van der Waals surface area contributed by atoms with Gasteiger partial charge >= 0.3 is 5.97 Å². The Morgan fingerprint density at radius 2 is 2.03 bits per heavy atom. The lowest BCUT2D eigenvalue weighted by Gasteiger charge is -2.20. The largest absolute Gasteiger partial charge is 0.450 e. The quantitative estimate of drug-likeness (QED) is 0.431. The molecule has 0 saturated carbocycles. The number of carbonyl (C=O) groups is 2. The first-order chi connectivity index (χ1) is 15.1. The molecule has 0 saturated heterocycles. The summed E-state index contributed by atoms with van der Waals surface area (Å²) in [5.74, 6) is -1.04. The summed E-state index contributed by atoms with van der Waals surface area (Å²) in [6, 6.07) is 9.38. The maximum absolute atomic E-state index is 12.9. The Kier molecular flexibility index (Phi) is 5.04.